The van der Waals surface area contributed by atoms with Crippen LogP contribution in [0.5, 0.6) is 0 Å². The average Bonchev–Trinajstić information content (AvgIpc) is 2.45. The fraction of sp³-hybridized carbons (Fsp3) is 0.235. The molecule has 2 aromatic carbocycles. The number of hydrogen-bond donors (Lipinski definition) is 1. The summed E-state index contributed by atoms with van der Waals surface area (Å²) in [6.07, 6.45) is 0. The second-order valence-electron chi connectivity index (χ2n) is 5.22. The molecule has 0 heterocycles. The van der Waals surface area contributed by atoms with Gasteiger partial charge in [0.25, 0.3) is 0 Å². The zero-order valence-corrected chi connectivity index (χ0v) is 12.2. The number of nitrogens with zero attached hydrogens (tertiary/aromatic N) is 2. The number of nitrogen functional groups attached to an aromatic ring is 1. The third-order valence-corrected chi connectivity index (χ3v) is 3.57. The maximum atomic E-state index is 13.5. The van der Waals surface area contributed by atoms with E-state index < -0.39 is 0 Å². The fourth-order valence-electron chi connectivity index (χ4n) is 2.30. The summed E-state index contributed by atoms with van der Waals surface area (Å²) in [6, 6.07) is 14.3. The van der Waals surface area contributed by atoms with E-state index in [1.807, 2.05) is 37.4 Å². The zero-order chi connectivity index (χ0) is 15.4. The first-order valence-electron chi connectivity index (χ1n) is 6.75. The average molecular weight is 283 g/mol. The second-order valence-corrected chi connectivity index (χ2v) is 5.22. The molecule has 0 saturated carbocycles. The summed E-state index contributed by atoms with van der Waals surface area (Å²) in [7, 11) is 1.96. The Kier molecular flexibility index (Phi) is 4.56. The number of nitrogens with two attached hydrogens (primary N) is 1. The van der Waals surface area contributed by atoms with Gasteiger partial charge in [-0.1, -0.05) is 12.1 Å². The molecular weight excluding hydrogens is 265 g/mol. The molecule has 0 saturated heterocycles. The SMILES string of the molecule is CC(c1cccc(N)c1)N(C)Cc1cc(F)cc(C#N)c1. The van der Waals surface area contributed by atoms with Gasteiger partial charge < -0.3 is 5.73 Å². The summed E-state index contributed by atoms with van der Waals surface area (Å²) in [6.45, 7) is 2.63. The van der Waals surface area contributed by atoms with E-state index in [9.17, 15) is 4.39 Å². The van der Waals surface area contributed by atoms with Gasteiger partial charge in [0.1, 0.15) is 5.82 Å². The van der Waals surface area contributed by atoms with Crippen molar-refractivity contribution in [2.45, 2.75) is 19.5 Å². The molecule has 4 heteroatoms. The smallest absolute Gasteiger partial charge is 0.124 e. The van der Waals surface area contributed by atoms with Crippen LogP contribution < -0.4 is 5.73 Å². The number of benzene rings is 2. The molecule has 1 atom stereocenters. The van der Waals surface area contributed by atoms with Crippen molar-refractivity contribution >= 4 is 5.69 Å². The van der Waals surface area contributed by atoms with E-state index >= 15 is 0 Å². The molecule has 108 valence electrons. The molecule has 0 radical (unpaired) electrons. The molecule has 0 aromatic heterocycles. The van der Waals surface area contributed by atoms with Gasteiger partial charge in [-0.25, -0.2) is 4.39 Å². The maximum absolute atomic E-state index is 13.5. The largest absolute Gasteiger partial charge is 0.399 e. The van der Waals surface area contributed by atoms with E-state index in [0.29, 0.717) is 12.1 Å². The van der Waals surface area contributed by atoms with Gasteiger partial charge in [-0.3, -0.25) is 4.90 Å². The van der Waals surface area contributed by atoms with Crippen molar-refractivity contribution in [3.63, 3.8) is 0 Å². The van der Waals surface area contributed by atoms with Gasteiger partial charge in [0.15, 0.2) is 0 Å². The number of halogens is 1. The van der Waals surface area contributed by atoms with Gasteiger partial charge in [-0.05, 0) is 55.4 Å². The van der Waals surface area contributed by atoms with Crippen LogP contribution in [0.4, 0.5) is 10.1 Å². The van der Waals surface area contributed by atoms with Gasteiger partial charge in [-0.2, -0.15) is 5.26 Å². The Labute approximate surface area is 124 Å². The van der Waals surface area contributed by atoms with Crippen LogP contribution in [-0.4, -0.2) is 11.9 Å². The third-order valence-electron chi connectivity index (χ3n) is 3.57. The highest BCUT2D eigenvalue weighted by Crippen LogP contribution is 2.22. The predicted octanol–water partition coefficient (Wildman–Crippen LogP) is 3.47. The summed E-state index contributed by atoms with van der Waals surface area (Å²) < 4.78 is 13.5. The summed E-state index contributed by atoms with van der Waals surface area (Å²) in [4.78, 5) is 2.09. The first kappa shape index (κ1) is 15.0. The minimum Gasteiger partial charge on any atom is -0.399 e. The standard InChI is InChI=1S/C17H18FN3/c1-12(15-4-3-5-17(20)9-15)21(2)11-14-6-13(10-19)7-16(18)8-14/h3-9,12H,11,20H2,1-2H3. The maximum Gasteiger partial charge on any atom is 0.124 e. The highest BCUT2D eigenvalue weighted by atomic mass is 19.1. The molecule has 1 unspecified atom stereocenters. The lowest BCUT2D eigenvalue weighted by molar-refractivity contribution is 0.253. The number of nitriles is 1. The van der Waals surface area contributed by atoms with Crippen LogP contribution in [0, 0.1) is 17.1 Å². The fourth-order valence-corrected chi connectivity index (χ4v) is 2.30. The van der Waals surface area contributed by atoms with Crippen LogP contribution >= 0.6 is 0 Å². The van der Waals surface area contributed by atoms with Crippen molar-refractivity contribution in [1.29, 1.82) is 5.26 Å². The number of hydrogen-bond acceptors (Lipinski definition) is 3. The van der Waals surface area contributed by atoms with Crippen molar-refractivity contribution in [2.75, 3.05) is 12.8 Å². The van der Waals surface area contributed by atoms with Crippen LogP contribution in [-0.2, 0) is 6.54 Å². The summed E-state index contributed by atoms with van der Waals surface area (Å²) in [5.74, 6) is -0.381. The van der Waals surface area contributed by atoms with Gasteiger partial charge in [-0.15, -0.1) is 0 Å². The molecule has 21 heavy (non-hydrogen) atoms. The normalized spacial score (nSPS) is 12.1. The number of anilines is 1. The molecule has 0 fully saturated rings. The number of rotatable bonds is 4. The van der Waals surface area contributed by atoms with Crippen LogP contribution in [0.15, 0.2) is 42.5 Å². The molecule has 2 aromatic rings. The van der Waals surface area contributed by atoms with Crippen LogP contribution in [0.1, 0.15) is 29.7 Å². The first-order chi connectivity index (χ1) is 9.99. The monoisotopic (exact) mass is 283 g/mol. The molecular formula is C17H18FN3. The van der Waals surface area contributed by atoms with Crippen LogP contribution in [0.3, 0.4) is 0 Å². The van der Waals surface area contributed by atoms with E-state index in [1.54, 1.807) is 6.07 Å². The lowest BCUT2D eigenvalue weighted by Crippen LogP contribution is -2.22. The molecule has 2 N–H and O–H groups in total. The second kappa shape index (κ2) is 6.38. The van der Waals surface area contributed by atoms with Crippen molar-refractivity contribution in [1.82, 2.24) is 4.90 Å². The van der Waals surface area contributed by atoms with Gasteiger partial charge in [0.2, 0.25) is 0 Å². The summed E-state index contributed by atoms with van der Waals surface area (Å²) in [5.41, 5.74) is 8.76. The Morgan fingerprint density at radius 1 is 1.29 bits per heavy atom. The summed E-state index contributed by atoms with van der Waals surface area (Å²) >= 11 is 0. The van der Waals surface area contributed by atoms with E-state index in [0.717, 1.165) is 16.8 Å². The van der Waals surface area contributed by atoms with E-state index in [2.05, 4.69) is 11.8 Å². The Morgan fingerprint density at radius 3 is 2.71 bits per heavy atom. The molecule has 0 aliphatic heterocycles. The minimum atomic E-state index is -0.381. The molecule has 0 bridgehead atoms. The molecule has 3 nitrogen and oxygen atoms in total. The van der Waals surface area contributed by atoms with Crippen molar-refractivity contribution in [2.24, 2.45) is 0 Å². The van der Waals surface area contributed by atoms with Gasteiger partial charge in [0.05, 0.1) is 11.6 Å². The Hall–Kier alpha value is -2.38. The summed E-state index contributed by atoms with van der Waals surface area (Å²) in [5, 5.41) is 8.89. The Balaban J connectivity index is 2.16. The van der Waals surface area contributed by atoms with Crippen LogP contribution in [0.2, 0.25) is 0 Å². The van der Waals surface area contributed by atoms with Gasteiger partial charge in [0, 0.05) is 18.3 Å². The van der Waals surface area contributed by atoms with E-state index in [4.69, 9.17) is 11.0 Å². The Bertz CT molecular complexity index is 676. The lowest BCUT2D eigenvalue weighted by atomic mass is 10.1. The molecule has 0 amide bonds. The highest BCUT2D eigenvalue weighted by Gasteiger charge is 2.13. The molecule has 2 rings (SSSR count). The lowest BCUT2D eigenvalue weighted by Gasteiger charge is -2.25. The molecule has 0 aliphatic rings. The topological polar surface area (TPSA) is 53.0 Å². The quantitative estimate of drug-likeness (QED) is 0.874. The molecule has 0 aliphatic carbocycles. The first-order valence-corrected chi connectivity index (χ1v) is 6.75. The zero-order valence-electron chi connectivity index (χ0n) is 12.2. The van der Waals surface area contributed by atoms with Crippen molar-refractivity contribution in [3.8, 4) is 6.07 Å². The van der Waals surface area contributed by atoms with Crippen molar-refractivity contribution < 1.29 is 4.39 Å². The molecule has 0 spiro atoms. The van der Waals surface area contributed by atoms with Crippen molar-refractivity contribution in [3.05, 3.63) is 65.0 Å². The minimum absolute atomic E-state index is 0.141. The van der Waals surface area contributed by atoms with Crippen LogP contribution in [0.25, 0.3) is 0 Å². The Morgan fingerprint density at radius 2 is 2.05 bits per heavy atom. The predicted molar refractivity (Wildman–Crippen MR) is 81.9 cm³/mol. The third kappa shape index (κ3) is 3.80. The van der Waals surface area contributed by atoms with E-state index in [-0.39, 0.29) is 11.9 Å². The van der Waals surface area contributed by atoms with Gasteiger partial charge >= 0.3 is 0 Å². The highest BCUT2D eigenvalue weighted by molar-refractivity contribution is 5.41. The van der Waals surface area contributed by atoms with E-state index in [1.165, 1.54) is 12.1 Å².